The van der Waals surface area contributed by atoms with E-state index in [0.717, 1.165) is 11.8 Å². The fourth-order valence-corrected chi connectivity index (χ4v) is 5.08. The van der Waals surface area contributed by atoms with Crippen molar-refractivity contribution in [2.24, 2.45) is 11.8 Å². The van der Waals surface area contributed by atoms with Crippen molar-refractivity contribution >= 4 is 11.8 Å². The zero-order valence-electron chi connectivity index (χ0n) is 14.1. The third-order valence-corrected chi connectivity index (χ3v) is 6.95. The van der Waals surface area contributed by atoms with Gasteiger partial charge in [-0.1, -0.05) is 34.1 Å². The zero-order valence-corrected chi connectivity index (χ0v) is 14.9. The minimum Gasteiger partial charge on any atom is -0.311 e. The first-order valence-corrected chi connectivity index (χ1v) is 9.55. The molecule has 2 nitrogen and oxygen atoms in total. The van der Waals surface area contributed by atoms with Crippen molar-refractivity contribution in [1.29, 1.82) is 0 Å². The molecule has 0 amide bonds. The van der Waals surface area contributed by atoms with Crippen molar-refractivity contribution in [2.75, 3.05) is 25.4 Å². The molecule has 0 aromatic heterocycles. The van der Waals surface area contributed by atoms with E-state index in [0.29, 0.717) is 16.8 Å². The highest BCUT2D eigenvalue weighted by atomic mass is 32.2. The summed E-state index contributed by atoms with van der Waals surface area (Å²) in [4.78, 5) is 2.82. The number of nitrogens with one attached hydrogen (secondary N) is 1. The molecule has 0 radical (unpaired) electrons. The molecule has 0 bridgehead atoms. The maximum atomic E-state index is 3.82. The number of thioether (sulfide) groups is 1. The fraction of sp³-hybridized carbons (Fsp3) is 1.00. The quantitative estimate of drug-likeness (QED) is 0.834. The molecule has 118 valence electrons. The summed E-state index contributed by atoms with van der Waals surface area (Å²) >= 11 is 2.21. The van der Waals surface area contributed by atoms with Crippen molar-refractivity contribution in [2.45, 2.75) is 70.7 Å². The molecule has 4 unspecified atom stereocenters. The van der Waals surface area contributed by atoms with Crippen LogP contribution in [0.4, 0.5) is 0 Å². The Morgan fingerprint density at radius 3 is 2.65 bits per heavy atom. The van der Waals surface area contributed by atoms with Crippen molar-refractivity contribution in [1.82, 2.24) is 10.2 Å². The van der Waals surface area contributed by atoms with Gasteiger partial charge >= 0.3 is 0 Å². The van der Waals surface area contributed by atoms with Gasteiger partial charge in [-0.25, -0.2) is 0 Å². The van der Waals surface area contributed by atoms with E-state index in [9.17, 15) is 0 Å². The number of hydrogen-bond acceptors (Lipinski definition) is 3. The molecular formula is C17H34N2S. The van der Waals surface area contributed by atoms with E-state index in [4.69, 9.17) is 0 Å². The lowest BCUT2D eigenvalue weighted by Gasteiger charge is -2.46. The first-order valence-electron chi connectivity index (χ1n) is 8.56. The summed E-state index contributed by atoms with van der Waals surface area (Å²) in [7, 11) is 0. The van der Waals surface area contributed by atoms with Gasteiger partial charge in [0.05, 0.1) is 0 Å². The van der Waals surface area contributed by atoms with Crippen LogP contribution in [0.5, 0.6) is 0 Å². The second-order valence-corrected chi connectivity index (χ2v) is 9.23. The first kappa shape index (κ1) is 16.6. The van der Waals surface area contributed by atoms with Gasteiger partial charge < -0.3 is 5.32 Å². The van der Waals surface area contributed by atoms with E-state index in [-0.39, 0.29) is 0 Å². The number of nitrogens with zero attached hydrogens (tertiary/aromatic N) is 1. The summed E-state index contributed by atoms with van der Waals surface area (Å²) in [5, 5.41) is 3.82. The first-order chi connectivity index (χ1) is 9.45. The molecule has 3 heteroatoms. The van der Waals surface area contributed by atoms with Gasteiger partial charge in [0.2, 0.25) is 0 Å². The smallest absolute Gasteiger partial charge is 0.0259 e. The Morgan fingerprint density at radius 1 is 1.35 bits per heavy atom. The van der Waals surface area contributed by atoms with Gasteiger partial charge in [-0.3, -0.25) is 4.90 Å². The predicted molar refractivity (Wildman–Crippen MR) is 91.5 cm³/mol. The number of rotatable bonds is 5. The Labute approximate surface area is 130 Å². The van der Waals surface area contributed by atoms with Crippen LogP contribution in [0.3, 0.4) is 0 Å². The number of hydrogen-bond donors (Lipinski definition) is 1. The molecule has 0 aliphatic carbocycles. The van der Waals surface area contributed by atoms with E-state index in [1.807, 2.05) is 0 Å². The van der Waals surface area contributed by atoms with Gasteiger partial charge in [0.15, 0.2) is 0 Å². The molecule has 0 saturated carbocycles. The largest absolute Gasteiger partial charge is 0.311 e. The topological polar surface area (TPSA) is 15.3 Å². The van der Waals surface area contributed by atoms with Crippen LogP contribution in [-0.4, -0.2) is 47.1 Å². The highest BCUT2D eigenvalue weighted by Gasteiger charge is 2.38. The van der Waals surface area contributed by atoms with Crippen LogP contribution in [0.15, 0.2) is 0 Å². The lowest BCUT2D eigenvalue weighted by atomic mass is 9.91. The molecule has 0 aromatic rings. The minimum atomic E-state index is 0.504. The van der Waals surface area contributed by atoms with Crippen LogP contribution in [0.2, 0.25) is 0 Å². The molecule has 2 aliphatic rings. The molecule has 2 saturated heterocycles. The van der Waals surface area contributed by atoms with Gasteiger partial charge in [0.25, 0.3) is 0 Å². The van der Waals surface area contributed by atoms with Gasteiger partial charge in [-0.15, -0.1) is 0 Å². The molecule has 1 N–H and O–H groups in total. The Morgan fingerprint density at radius 2 is 2.10 bits per heavy atom. The average Bonchev–Trinajstić information content (AvgIpc) is 2.83. The monoisotopic (exact) mass is 298 g/mol. The molecule has 4 atom stereocenters. The van der Waals surface area contributed by atoms with Gasteiger partial charge in [0.1, 0.15) is 0 Å². The van der Waals surface area contributed by atoms with Crippen molar-refractivity contribution in [3.8, 4) is 0 Å². The van der Waals surface area contributed by atoms with E-state index < -0.39 is 0 Å². The van der Waals surface area contributed by atoms with Crippen molar-refractivity contribution in [3.05, 3.63) is 0 Å². The Bertz CT molecular complexity index is 299. The Hall–Kier alpha value is 0.270. The lowest BCUT2D eigenvalue weighted by molar-refractivity contribution is 0.0738. The third-order valence-electron chi connectivity index (χ3n) is 5.43. The molecule has 2 fully saturated rings. The highest BCUT2D eigenvalue weighted by Crippen LogP contribution is 2.39. The summed E-state index contributed by atoms with van der Waals surface area (Å²) < 4.78 is 0.504. The molecule has 0 aromatic carbocycles. The zero-order chi connectivity index (χ0) is 14.8. The number of piperazine rings is 1. The van der Waals surface area contributed by atoms with Crippen molar-refractivity contribution in [3.63, 3.8) is 0 Å². The normalized spacial score (nSPS) is 37.5. The summed E-state index contributed by atoms with van der Waals surface area (Å²) in [6, 6.07) is 1.40. The average molecular weight is 299 g/mol. The fourth-order valence-electron chi connectivity index (χ4n) is 3.75. The van der Waals surface area contributed by atoms with Crippen LogP contribution in [0, 0.1) is 11.8 Å². The van der Waals surface area contributed by atoms with Gasteiger partial charge in [0, 0.05) is 36.5 Å². The standard InChI is InChI=1S/C17H34N2S/c1-6-14(4)15-11-19(16(10-18-15)13(2)3)12-17(5)8-7-9-20-17/h13-16,18H,6-12H2,1-5H3. The summed E-state index contributed by atoms with van der Waals surface area (Å²) in [6.07, 6.45) is 4.10. The van der Waals surface area contributed by atoms with Crippen LogP contribution in [-0.2, 0) is 0 Å². The highest BCUT2D eigenvalue weighted by molar-refractivity contribution is 8.00. The molecule has 20 heavy (non-hydrogen) atoms. The molecular weight excluding hydrogens is 264 g/mol. The van der Waals surface area contributed by atoms with E-state index >= 15 is 0 Å². The Kier molecular flexibility index (Phi) is 5.84. The van der Waals surface area contributed by atoms with Crippen LogP contribution in [0.25, 0.3) is 0 Å². The van der Waals surface area contributed by atoms with E-state index in [1.54, 1.807) is 0 Å². The van der Waals surface area contributed by atoms with Gasteiger partial charge in [-0.2, -0.15) is 11.8 Å². The Balaban J connectivity index is 2.02. The molecule has 0 spiro atoms. The van der Waals surface area contributed by atoms with Crippen molar-refractivity contribution < 1.29 is 0 Å². The lowest BCUT2D eigenvalue weighted by Crippen LogP contribution is -2.61. The third kappa shape index (κ3) is 3.92. The van der Waals surface area contributed by atoms with Gasteiger partial charge in [-0.05, 0) is 37.4 Å². The van der Waals surface area contributed by atoms with E-state index in [2.05, 4.69) is 56.6 Å². The van der Waals surface area contributed by atoms with Crippen LogP contribution in [0.1, 0.15) is 53.9 Å². The second kappa shape index (κ2) is 7.02. The minimum absolute atomic E-state index is 0.504. The summed E-state index contributed by atoms with van der Waals surface area (Å²) in [5.41, 5.74) is 0. The second-order valence-electron chi connectivity index (χ2n) is 7.54. The molecule has 2 rings (SSSR count). The SMILES string of the molecule is CCC(C)C1CN(CC2(C)CCCS2)C(C(C)C)CN1. The molecule has 2 heterocycles. The maximum absolute atomic E-state index is 3.82. The predicted octanol–water partition coefficient (Wildman–Crippen LogP) is 3.62. The summed E-state index contributed by atoms with van der Waals surface area (Å²) in [5.74, 6) is 2.90. The van der Waals surface area contributed by atoms with E-state index in [1.165, 1.54) is 44.6 Å². The molecule has 2 aliphatic heterocycles. The maximum Gasteiger partial charge on any atom is 0.0259 e. The van der Waals surface area contributed by atoms with Crippen LogP contribution < -0.4 is 5.32 Å². The van der Waals surface area contributed by atoms with Crippen LogP contribution >= 0.6 is 11.8 Å². The summed E-state index contributed by atoms with van der Waals surface area (Å²) in [6.45, 7) is 15.7.